The van der Waals surface area contributed by atoms with Crippen molar-refractivity contribution in [2.45, 2.75) is 37.2 Å². The van der Waals surface area contributed by atoms with E-state index in [4.69, 9.17) is 4.74 Å². The number of anilines is 1. The number of ether oxygens (including phenoxy) is 1. The summed E-state index contributed by atoms with van der Waals surface area (Å²) in [6, 6.07) is 12.6. The van der Waals surface area contributed by atoms with Gasteiger partial charge in [0.15, 0.2) is 0 Å². The van der Waals surface area contributed by atoms with Crippen LogP contribution in [0.3, 0.4) is 0 Å². The minimum Gasteiger partial charge on any atom is -0.465 e. The molecule has 1 aliphatic heterocycles. The Bertz CT molecular complexity index is 1140. The zero-order chi connectivity index (χ0) is 22.1. The normalized spacial score (nSPS) is 17.4. The fourth-order valence-corrected chi connectivity index (χ4v) is 4.55. The zero-order valence-corrected chi connectivity index (χ0v) is 18.5. The van der Waals surface area contributed by atoms with Crippen LogP contribution in [0.1, 0.15) is 38.9 Å². The number of fused-ring (bicyclic) bond motifs is 1. The lowest BCUT2D eigenvalue weighted by atomic mass is 10.0. The number of aryl methyl sites for hydroxylation is 3. The smallest absolute Gasteiger partial charge is 0.337 e. The molecule has 0 spiro atoms. The van der Waals surface area contributed by atoms with Gasteiger partial charge in [0.05, 0.1) is 18.7 Å². The maximum atomic E-state index is 13.3. The van der Waals surface area contributed by atoms with Gasteiger partial charge in [0, 0.05) is 5.69 Å². The summed E-state index contributed by atoms with van der Waals surface area (Å²) >= 11 is 1.36. The van der Waals surface area contributed by atoms with E-state index in [1.807, 2.05) is 51.1 Å². The monoisotopic (exact) mass is 437 g/mol. The Labute approximate surface area is 184 Å². The van der Waals surface area contributed by atoms with Crippen molar-refractivity contribution in [1.29, 1.82) is 0 Å². The van der Waals surface area contributed by atoms with Crippen LogP contribution in [0.25, 0.3) is 0 Å². The topological polar surface area (TPSA) is 98.1 Å². The maximum Gasteiger partial charge on any atom is 0.337 e. The molecule has 4 rings (SSSR count). The molecule has 0 saturated carbocycles. The number of benzene rings is 2. The molecule has 0 radical (unpaired) electrons. The van der Waals surface area contributed by atoms with Crippen molar-refractivity contribution in [2.24, 2.45) is 0 Å². The van der Waals surface area contributed by atoms with Crippen LogP contribution in [0.15, 0.2) is 47.6 Å². The van der Waals surface area contributed by atoms with Gasteiger partial charge in [-0.1, -0.05) is 36.0 Å². The van der Waals surface area contributed by atoms with Crippen LogP contribution in [0, 0.1) is 20.8 Å². The third-order valence-corrected chi connectivity index (χ3v) is 6.41. The van der Waals surface area contributed by atoms with E-state index in [1.54, 1.807) is 16.8 Å². The van der Waals surface area contributed by atoms with E-state index in [0.717, 1.165) is 22.4 Å². The molecule has 0 saturated heterocycles. The van der Waals surface area contributed by atoms with Gasteiger partial charge in [-0.15, -0.1) is 10.2 Å². The fourth-order valence-electron chi connectivity index (χ4n) is 3.43. The summed E-state index contributed by atoms with van der Waals surface area (Å²) in [7, 11) is 1.35. The SMILES string of the molecule is COC(=O)c1ccc([C@@H]2Nn3c(C)nnc3S[C@@H]2C(=O)Nc2cc(C)ccc2C)cc1. The lowest BCUT2D eigenvalue weighted by Gasteiger charge is -2.33. The fraction of sp³-hybridized carbons (Fsp3) is 0.273. The first kappa shape index (κ1) is 20.9. The number of methoxy groups -OCH3 is 1. The van der Waals surface area contributed by atoms with Gasteiger partial charge in [0.25, 0.3) is 0 Å². The van der Waals surface area contributed by atoms with Crippen LogP contribution >= 0.6 is 11.8 Å². The molecule has 8 nitrogen and oxygen atoms in total. The van der Waals surface area contributed by atoms with E-state index in [2.05, 4.69) is 20.9 Å². The number of hydrogen-bond donors (Lipinski definition) is 2. The maximum absolute atomic E-state index is 13.3. The average molecular weight is 438 g/mol. The lowest BCUT2D eigenvalue weighted by molar-refractivity contribution is -0.116. The number of carbonyl (C=O) groups is 2. The first-order valence-electron chi connectivity index (χ1n) is 9.79. The Hall–Kier alpha value is -3.33. The molecule has 1 amide bonds. The number of carbonyl (C=O) groups excluding carboxylic acids is 2. The van der Waals surface area contributed by atoms with Crippen molar-refractivity contribution in [1.82, 2.24) is 14.9 Å². The molecule has 1 aliphatic rings. The van der Waals surface area contributed by atoms with E-state index in [1.165, 1.54) is 18.9 Å². The predicted molar refractivity (Wildman–Crippen MR) is 119 cm³/mol. The molecule has 160 valence electrons. The quantitative estimate of drug-likeness (QED) is 0.604. The van der Waals surface area contributed by atoms with Crippen molar-refractivity contribution in [3.8, 4) is 0 Å². The van der Waals surface area contributed by atoms with E-state index < -0.39 is 11.2 Å². The summed E-state index contributed by atoms with van der Waals surface area (Å²) in [5.41, 5.74) is 7.52. The van der Waals surface area contributed by atoms with Crippen molar-refractivity contribution in [3.63, 3.8) is 0 Å². The Morgan fingerprint density at radius 2 is 1.84 bits per heavy atom. The van der Waals surface area contributed by atoms with Crippen molar-refractivity contribution in [2.75, 3.05) is 17.9 Å². The van der Waals surface area contributed by atoms with Gasteiger partial charge in [0.2, 0.25) is 11.1 Å². The van der Waals surface area contributed by atoms with Crippen LogP contribution < -0.4 is 10.7 Å². The largest absolute Gasteiger partial charge is 0.465 e. The standard InChI is InChI=1S/C22H23N5O3S/c1-12-5-6-13(2)17(11-12)23-20(28)19-18(26-27-14(3)24-25-22(27)31-19)15-7-9-16(10-8-15)21(29)30-4/h5-11,18-19,26H,1-4H3,(H,23,28)/t18-,19-/m0/s1. The Morgan fingerprint density at radius 1 is 1.10 bits per heavy atom. The van der Waals surface area contributed by atoms with Gasteiger partial charge in [-0.05, 0) is 55.7 Å². The highest BCUT2D eigenvalue weighted by Crippen LogP contribution is 2.37. The average Bonchev–Trinajstić information content (AvgIpc) is 3.14. The van der Waals surface area contributed by atoms with Crippen molar-refractivity contribution in [3.05, 3.63) is 70.5 Å². The summed E-state index contributed by atoms with van der Waals surface area (Å²) in [4.78, 5) is 25.1. The molecular weight excluding hydrogens is 414 g/mol. The summed E-state index contributed by atoms with van der Waals surface area (Å²) < 4.78 is 6.56. The number of esters is 1. The predicted octanol–water partition coefficient (Wildman–Crippen LogP) is 3.39. The van der Waals surface area contributed by atoms with E-state index in [0.29, 0.717) is 16.5 Å². The first-order chi connectivity index (χ1) is 14.9. The Kier molecular flexibility index (Phi) is 5.69. The number of thioether (sulfide) groups is 1. The second-order valence-electron chi connectivity index (χ2n) is 7.43. The molecular formula is C22H23N5O3S. The second-order valence-corrected chi connectivity index (χ2v) is 8.54. The Morgan fingerprint density at radius 3 is 2.55 bits per heavy atom. The van der Waals surface area contributed by atoms with Crippen LogP contribution in [0.5, 0.6) is 0 Å². The second kappa shape index (κ2) is 8.43. The molecule has 0 aliphatic carbocycles. The molecule has 9 heteroatoms. The molecule has 2 atom stereocenters. The first-order valence-corrected chi connectivity index (χ1v) is 10.7. The number of hydrogen-bond acceptors (Lipinski definition) is 7. The highest BCUT2D eigenvalue weighted by molar-refractivity contribution is 8.00. The van der Waals surface area contributed by atoms with Crippen LogP contribution in [0.4, 0.5) is 5.69 Å². The van der Waals surface area contributed by atoms with Gasteiger partial charge in [-0.2, -0.15) is 0 Å². The molecule has 2 heterocycles. The van der Waals surface area contributed by atoms with Crippen LogP contribution in [-0.2, 0) is 9.53 Å². The lowest BCUT2D eigenvalue weighted by Crippen LogP contribution is -2.41. The third kappa shape index (κ3) is 4.13. The van der Waals surface area contributed by atoms with E-state index in [-0.39, 0.29) is 11.9 Å². The van der Waals surface area contributed by atoms with Crippen LogP contribution in [0.2, 0.25) is 0 Å². The summed E-state index contributed by atoms with van der Waals surface area (Å²) in [5.74, 6) is 0.158. The van der Waals surface area contributed by atoms with Gasteiger partial charge < -0.3 is 15.5 Å². The molecule has 31 heavy (non-hydrogen) atoms. The molecule has 3 aromatic rings. The molecule has 1 aromatic heterocycles. The molecule has 0 bridgehead atoms. The Balaban J connectivity index is 1.67. The number of amides is 1. The summed E-state index contributed by atoms with van der Waals surface area (Å²) in [5, 5.41) is 11.5. The van der Waals surface area contributed by atoms with Gasteiger partial charge in [-0.3, -0.25) is 4.79 Å². The summed E-state index contributed by atoms with van der Waals surface area (Å²) in [6.07, 6.45) is 0. The van der Waals surface area contributed by atoms with E-state index in [9.17, 15) is 9.59 Å². The minimum atomic E-state index is -0.500. The molecule has 2 N–H and O–H groups in total. The highest BCUT2D eigenvalue weighted by atomic mass is 32.2. The third-order valence-electron chi connectivity index (χ3n) is 5.20. The molecule has 0 unspecified atom stereocenters. The number of nitrogens with zero attached hydrogens (tertiary/aromatic N) is 3. The van der Waals surface area contributed by atoms with Crippen LogP contribution in [-0.4, -0.2) is 39.1 Å². The number of nitrogens with one attached hydrogen (secondary N) is 2. The number of rotatable bonds is 4. The van der Waals surface area contributed by atoms with Gasteiger partial charge >= 0.3 is 5.97 Å². The van der Waals surface area contributed by atoms with E-state index >= 15 is 0 Å². The molecule has 0 fully saturated rings. The minimum absolute atomic E-state index is 0.139. The summed E-state index contributed by atoms with van der Waals surface area (Å²) in [6.45, 7) is 5.80. The van der Waals surface area contributed by atoms with Gasteiger partial charge in [0.1, 0.15) is 11.1 Å². The highest BCUT2D eigenvalue weighted by Gasteiger charge is 2.37. The van der Waals surface area contributed by atoms with Gasteiger partial charge in [-0.25, -0.2) is 9.47 Å². The molecule has 2 aromatic carbocycles. The number of aromatic nitrogens is 3. The zero-order valence-electron chi connectivity index (χ0n) is 17.7. The van der Waals surface area contributed by atoms with Crippen molar-refractivity contribution >= 4 is 29.3 Å². The van der Waals surface area contributed by atoms with Crippen molar-refractivity contribution < 1.29 is 14.3 Å².